The molecule has 2 aliphatic heterocycles. The lowest BCUT2D eigenvalue weighted by Crippen LogP contribution is -2.58. The standard InChI is InChI=1S/C40H42N6O5/c1-46-25-36(42-26-46)40(50)45-35-23-30-15-9-17-32(21-30)51-31-16-8-14-29(20-31)22-34(37(47)41-24-28-12-6-3-7-13-28)44-38(48)33(43-39(35)49)19-18-27-10-4-2-5-11-27/h2-17,20-21,26,33-36H,18-19,22-25H2,1H3,(H,41,47)(H,43,49)(H,44,48)(H,45,50)/t33-,34-,35-,36?/m0/s1. The van der Waals surface area contributed by atoms with Crippen LogP contribution in [0.5, 0.6) is 11.5 Å². The minimum atomic E-state index is -1.03. The smallest absolute Gasteiger partial charge is 0.247 e. The molecule has 51 heavy (non-hydrogen) atoms. The number of aliphatic imine (C=N–C) groups is 1. The predicted octanol–water partition coefficient (Wildman–Crippen LogP) is 3.32. The van der Waals surface area contributed by atoms with Crippen LogP contribution in [0, 0.1) is 0 Å². The number of carbonyl (C=O) groups is 4. The molecule has 0 spiro atoms. The average molecular weight is 687 g/mol. The Morgan fingerprint density at radius 3 is 2.08 bits per heavy atom. The van der Waals surface area contributed by atoms with E-state index in [4.69, 9.17) is 4.74 Å². The molecule has 4 aromatic carbocycles. The molecular weight excluding hydrogens is 644 g/mol. The summed E-state index contributed by atoms with van der Waals surface area (Å²) < 4.78 is 6.21. The summed E-state index contributed by atoms with van der Waals surface area (Å²) in [4.78, 5) is 61.4. The zero-order chi connectivity index (χ0) is 35.6. The van der Waals surface area contributed by atoms with Crippen LogP contribution in [0.2, 0.25) is 0 Å². The van der Waals surface area contributed by atoms with Gasteiger partial charge >= 0.3 is 0 Å². The van der Waals surface area contributed by atoms with Crippen molar-refractivity contribution in [2.75, 3.05) is 13.6 Å². The fourth-order valence-electron chi connectivity index (χ4n) is 6.16. The van der Waals surface area contributed by atoms with E-state index in [2.05, 4.69) is 26.3 Å². The molecule has 4 bridgehead atoms. The van der Waals surface area contributed by atoms with E-state index in [1.807, 2.05) is 116 Å². The van der Waals surface area contributed by atoms with Crippen LogP contribution < -0.4 is 26.0 Å². The molecule has 4 atom stereocenters. The largest absolute Gasteiger partial charge is 0.457 e. The molecule has 0 saturated carbocycles. The van der Waals surface area contributed by atoms with Crippen molar-refractivity contribution >= 4 is 30.0 Å². The van der Waals surface area contributed by atoms with Gasteiger partial charge in [0.1, 0.15) is 35.7 Å². The Kier molecular flexibility index (Phi) is 11.4. The van der Waals surface area contributed by atoms with Gasteiger partial charge in [-0.2, -0.15) is 0 Å². The van der Waals surface area contributed by atoms with E-state index in [0.29, 0.717) is 24.5 Å². The first-order valence-corrected chi connectivity index (χ1v) is 17.1. The molecule has 262 valence electrons. The quantitative estimate of drug-likeness (QED) is 0.224. The fraction of sp³-hybridized carbons (Fsp3) is 0.275. The SMILES string of the molecule is CN1C=NC(C(=O)N[C@H]2Cc3cccc(c3)Oc3cccc(c3)C[C@@H](C(=O)NCc3ccccc3)NC(=O)[C@H](CCc3ccccc3)NC2=O)C1. The van der Waals surface area contributed by atoms with Gasteiger partial charge in [0.2, 0.25) is 23.6 Å². The van der Waals surface area contributed by atoms with E-state index < -0.39 is 41.9 Å². The molecule has 0 fully saturated rings. The Labute approximate surface area is 297 Å². The third kappa shape index (κ3) is 9.81. The van der Waals surface area contributed by atoms with Crippen LogP contribution >= 0.6 is 0 Å². The molecule has 2 heterocycles. The molecule has 4 aromatic rings. The maximum Gasteiger partial charge on any atom is 0.247 e. The summed E-state index contributed by atoms with van der Waals surface area (Å²) in [5.74, 6) is -0.690. The minimum absolute atomic E-state index is 0.138. The van der Waals surface area contributed by atoms with Gasteiger partial charge in [-0.3, -0.25) is 24.2 Å². The number of carbonyl (C=O) groups excluding carboxylic acids is 4. The average Bonchev–Trinajstić information content (AvgIpc) is 3.58. The van der Waals surface area contributed by atoms with Crippen molar-refractivity contribution in [2.24, 2.45) is 4.99 Å². The van der Waals surface area contributed by atoms with Crippen molar-refractivity contribution in [1.82, 2.24) is 26.2 Å². The van der Waals surface area contributed by atoms with E-state index in [0.717, 1.165) is 22.3 Å². The summed E-state index contributed by atoms with van der Waals surface area (Å²) in [5, 5.41) is 11.7. The van der Waals surface area contributed by atoms with Crippen LogP contribution in [0.3, 0.4) is 0 Å². The van der Waals surface area contributed by atoms with Crippen molar-refractivity contribution < 1.29 is 23.9 Å². The number of nitrogens with zero attached hydrogens (tertiary/aromatic N) is 2. The second kappa shape index (κ2) is 16.6. The molecule has 0 aliphatic carbocycles. The van der Waals surface area contributed by atoms with Crippen molar-refractivity contribution in [3.8, 4) is 11.5 Å². The third-order valence-electron chi connectivity index (χ3n) is 8.89. The van der Waals surface area contributed by atoms with Gasteiger partial charge in [0, 0.05) is 33.0 Å². The molecule has 0 radical (unpaired) electrons. The lowest BCUT2D eigenvalue weighted by Gasteiger charge is -2.26. The van der Waals surface area contributed by atoms with Crippen LogP contribution in [0.1, 0.15) is 28.7 Å². The van der Waals surface area contributed by atoms with Gasteiger partial charge in [-0.05, 0) is 59.4 Å². The molecule has 11 nitrogen and oxygen atoms in total. The lowest BCUT2D eigenvalue weighted by molar-refractivity contribution is -0.134. The summed E-state index contributed by atoms with van der Waals surface area (Å²) in [5.41, 5.74) is 3.44. The molecule has 6 rings (SSSR count). The highest BCUT2D eigenvalue weighted by molar-refractivity contribution is 5.95. The predicted molar refractivity (Wildman–Crippen MR) is 194 cm³/mol. The van der Waals surface area contributed by atoms with Crippen LogP contribution in [0.25, 0.3) is 0 Å². The highest BCUT2D eigenvalue weighted by Crippen LogP contribution is 2.25. The maximum atomic E-state index is 14.2. The number of aryl methyl sites for hydroxylation is 1. The Morgan fingerprint density at radius 2 is 1.43 bits per heavy atom. The van der Waals surface area contributed by atoms with Gasteiger partial charge in [0.25, 0.3) is 0 Å². The molecule has 2 aliphatic rings. The van der Waals surface area contributed by atoms with Crippen LogP contribution in [0.4, 0.5) is 0 Å². The first kappa shape index (κ1) is 34.9. The van der Waals surface area contributed by atoms with Crippen molar-refractivity contribution in [3.05, 3.63) is 131 Å². The van der Waals surface area contributed by atoms with Gasteiger partial charge in [-0.1, -0.05) is 84.9 Å². The lowest BCUT2D eigenvalue weighted by atomic mass is 10.0. The number of amides is 4. The number of nitrogens with one attached hydrogen (secondary N) is 4. The van der Waals surface area contributed by atoms with E-state index in [9.17, 15) is 19.2 Å². The molecule has 11 heteroatoms. The summed E-state index contributed by atoms with van der Waals surface area (Å²) in [6, 6.07) is 30.2. The molecule has 4 amide bonds. The molecule has 4 N–H and O–H groups in total. The highest BCUT2D eigenvalue weighted by atomic mass is 16.5. The number of likely N-dealkylation sites (N-methyl/N-ethyl adjacent to an activating group) is 1. The van der Waals surface area contributed by atoms with E-state index in [-0.39, 0.29) is 31.7 Å². The third-order valence-corrected chi connectivity index (χ3v) is 8.89. The Bertz CT molecular complexity index is 1870. The van der Waals surface area contributed by atoms with Gasteiger partial charge in [-0.25, -0.2) is 0 Å². The van der Waals surface area contributed by atoms with Crippen molar-refractivity contribution in [3.63, 3.8) is 0 Å². The second-order valence-electron chi connectivity index (χ2n) is 12.9. The first-order chi connectivity index (χ1) is 24.8. The summed E-state index contributed by atoms with van der Waals surface area (Å²) >= 11 is 0. The van der Waals surface area contributed by atoms with Crippen LogP contribution in [0.15, 0.2) is 114 Å². The fourth-order valence-corrected chi connectivity index (χ4v) is 6.16. The molecule has 0 aromatic heterocycles. The minimum Gasteiger partial charge on any atom is -0.457 e. The molecule has 0 saturated heterocycles. The monoisotopic (exact) mass is 686 g/mol. The zero-order valence-corrected chi connectivity index (χ0v) is 28.5. The van der Waals surface area contributed by atoms with Gasteiger partial charge in [0.05, 0.1) is 6.34 Å². The number of hydrogen-bond donors (Lipinski definition) is 4. The van der Waals surface area contributed by atoms with E-state index in [1.165, 1.54) is 0 Å². The van der Waals surface area contributed by atoms with E-state index in [1.54, 1.807) is 11.2 Å². The van der Waals surface area contributed by atoms with E-state index >= 15 is 0 Å². The van der Waals surface area contributed by atoms with Crippen LogP contribution in [-0.2, 0) is 45.0 Å². The summed E-state index contributed by atoms with van der Waals surface area (Å²) in [7, 11) is 1.82. The Hall–Kier alpha value is -5.97. The zero-order valence-electron chi connectivity index (χ0n) is 28.5. The highest BCUT2D eigenvalue weighted by Gasteiger charge is 2.32. The van der Waals surface area contributed by atoms with Gasteiger partial charge < -0.3 is 30.9 Å². The number of fused-ring (bicyclic) bond motifs is 4. The Balaban J connectivity index is 1.32. The number of hydrogen-bond acceptors (Lipinski definition) is 7. The first-order valence-electron chi connectivity index (χ1n) is 17.1. The van der Waals surface area contributed by atoms with Crippen molar-refractivity contribution in [1.29, 1.82) is 0 Å². The van der Waals surface area contributed by atoms with Crippen LogP contribution in [-0.4, -0.2) is 72.6 Å². The van der Waals surface area contributed by atoms with Gasteiger partial charge in [0.15, 0.2) is 0 Å². The molecule has 1 unspecified atom stereocenters. The maximum absolute atomic E-state index is 14.2. The number of ether oxygens (including phenoxy) is 1. The topological polar surface area (TPSA) is 141 Å². The molecular formula is C40H42N6O5. The number of benzene rings is 4. The Morgan fingerprint density at radius 1 is 0.784 bits per heavy atom. The number of rotatable bonds is 8. The normalized spacial score (nSPS) is 20.5. The van der Waals surface area contributed by atoms with Crippen molar-refractivity contribution in [2.45, 2.75) is 56.4 Å². The summed E-state index contributed by atoms with van der Waals surface area (Å²) in [6.07, 6.45) is 2.66. The second-order valence-corrected chi connectivity index (χ2v) is 12.9. The summed E-state index contributed by atoms with van der Waals surface area (Å²) in [6.45, 7) is 0.667. The van der Waals surface area contributed by atoms with Gasteiger partial charge in [-0.15, -0.1) is 0 Å².